The summed E-state index contributed by atoms with van der Waals surface area (Å²) in [6.07, 6.45) is 1.64. The number of anilines is 1. The van der Waals surface area contributed by atoms with Crippen LogP contribution in [-0.2, 0) is 0 Å². The first-order valence-electron chi connectivity index (χ1n) is 7.30. The van der Waals surface area contributed by atoms with Crippen LogP contribution in [0.15, 0.2) is 42.6 Å². The Kier molecular flexibility index (Phi) is 4.02. The summed E-state index contributed by atoms with van der Waals surface area (Å²) in [5.41, 5.74) is 1.93. The lowest BCUT2D eigenvalue weighted by molar-refractivity contribution is -0.384. The first kappa shape index (κ1) is 14.5. The van der Waals surface area contributed by atoms with Crippen LogP contribution in [0.5, 0.6) is 0 Å². The van der Waals surface area contributed by atoms with Gasteiger partial charge >= 0.3 is 5.69 Å². The van der Waals surface area contributed by atoms with Crippen LogP contribution in [-0.4, -0.2) is 29.5 Å². The van der Waals surface area contributed by atoms with Gasteiger partial charge in [-0.3, -0.25) is 10.1 Å². The van der Waals surface area contributed by atoms with Crippen LogP contribution < -0.4 is 10.2 Å². The molecule has 1 aliphatic rings. The Balaban J connectivity index is 1.90. The summed E-state index contributed by atoms with van der Waals surface area (Å²) >= 11 is 0. The van der Waals surface area contributed by atoms with E-state index in [1.54, 1.807) is 19.2 Å². The van der Waals surface area contributed by atoms with E-state index >= 15 is 0 Å². The van der Waals surface area contributed by atoms with E-state index in [-0.39, 0.29) is 16.7 Å². The van der Waals surface area contributed by atoms with Crippen molar-refractivity contribution >= 4 is 11.5 Å². The number of piperazine rings is 1. The lowest BCUT2D eigenvalue weighted by Gasteiger charge is -2.34. The minimum absolute atomic E-state index is 0.108. The van der Waals surface area contributed by atoms with Crippen molar-refractivity contribution in [3.05, 3.63) is 63.8 Å². The van der Waals surface area contributed by atoms with E-state index in [0.717, 1.165) is 6.54 Å². The van der Waals surface area contributed by atoms with E-state index in [9.17, 15) is 10.1 Å². The molecule has 3 rings (SSSR count). The van der Waals surface area contributed by atoms with Gasteiger partial charge in [-0.25, -0.2) is 4.98 Å². The summed E-state index contributed by atoms with van der Waals surface area (Å²) in [7, 11) is 0. The van der Waals surface area contributed by atoms with Crippen molar-refractivity contribution < 1.29 is 4.92 Å². The summed E-state index contributed by atoms with van der Waals surface area (Å²) < 4.78 is 0. The molecular weight excluding hydrogens is 280 g/mol. The molecule has 1 unspecified atom stereocenters. The number of nitro groups is 1. The first-order valence-corrected chi connectivity index (χ1v) is 7.30. The molecule has 1 aromatic heterocycles. The van der Waals surface area contributed by atoms with E-state index in [4.69, 9.17) is 0 Å². The van der Waals surface area contributed by atoms with Gasteiger partial charge in [0.15, 0.2) is 0 Å². The standard InChI is InChI=1S/C16H18N4O2/c1-12-7-8-18-16(15(12)20(21)22)19-10-9-17-14(11-19)13-5-3-2-4-6-13/h2-8,14,17H,9-11H2,1H3. The maximum atomic E-state index is 11.4. The second kappa shape index (κ2) is 6.11. The number of benzene rings is 1. The Hall–Kier alpha value is -2.47. The van der Waals surface area contributed by atoms with Gasteiger partial charge < -0.3 is 10.2 Å². The molecule has 1 aliphatic heterocycles. The molecule has 22 heavy (non-hydrogen) atoms. The van der Waals surface area contributed by atoms with Gasteiger partial charge in [-0.05, 0) is 18.6 Å². The zero-order chi connectivity index (χ0) is 15.5. The van der Waals surface area contributed by atoms with Crippen LogP contribution in [0, 0.1) is 17.0 Å². The third-order valence-electron chi connectivity index (χ3n) is 3.97. The summed E-state index contributed by atoms with van der Waals surface area (Å²) in [4.78, 5) is 17.3. The molecular formula is C16H18N4O2. The molecule has 1 N–H and O–H groups in total. The number of nitrogens with zero attached hydrogens (tertiary/aromatic N) is 3. The van der Waals surface area contributed by atoms with Crippen molar-refractivity contribution in [1.29, 1.82) is 0 Å². The topological polar surface area (TPSA) is 71.3 Å². The van der Waals surface area contributed by atoms with Gasteiger partial charge in [-0.1, -0.05) is 30.3 Å². The number of hydrogen-bond donors (Lipinski definition) is 1. The second-order valence-corrected chi connectivity index (χ2v) is 5.42. The second-order valence-electron chi connectivity index (χ2n) is 5.42. The number of hydrogen-bond acceptors (Lipinski definition) is 5. The molecule has 2 aromatic rings. The van der Waals surface area contributed by atoms with Gasteiger partial charge in [-0.15, -0.1) is 0 Å². The maximum Gasteiger partial charge on any atom is 0.314 e. The zero-order valence-corrected chi connectivity index (χ0v) is 12.4. The number of aryl methyl sites for hydroxylation is 1. The highest BCUT2D eigenvalue weighted by atomic mass is 16.6. The molecule has 0 radical (unpaired) electrons. The molecule has 1 saturated heterocycles. The van der Waals surface area contributed by atoms with Gasteiger partial charge in [0.25, 0.3) is 0 Å². The largest absolute Gasteiger partial charge is 0.348 e. The fourth-order valence-corrected chi connectivity index (χ4v) is 2.84. The average molecular weight is 298 g/mol. The van der Waals surface area contributed by atoms with E-state index in [0.29, 0.717) is 24.5 Å². The SMILES string of the molecule is Cc1ccnc(N2CCNC(c3ccccc3)C2)c1[N+](=O)[O-]. The third kappa shape index (κ3) is 2.78. The normalized spacial score (nSPS) is 18.2. The predicted molar refractivity (Wildman–Crippen MR) is 85.0 cm³/mol. The molecule has 0 bridgehead atoms. The Morgan fingerprint density at radius 2 is 2.09 bits per heavy atom. The van der Waals surface area contributed by atoms with E-state index in [1.165, 1.54) is 5.56 Å². The lowest BCUT2D eigenvalue weighted by Crippen LogP contribution is -2.46. The minimum Gasteiger partial charge on any atom is -0.348 e. The van der Waals surface area contributed by atoms with Crippen molar-refractivity contribution in [2.24, 2.45) is 0 Å². The van der Waals surface area contributed by atoms with E-state index < -0.39 is 0 Å². The molecule has 0 spiro atoms. The molecule has 6 heteroatoms. The fraction of sp³-hybridized carbons (Fsp3) is 0.312. The number of pyridine rings is 1. The first-order chi connectivity index (χ1) is 10.7. The lowest BCUT2D eigenvalue weighted by atomic mass is 10.0. The van der Waals surface area contributed by atoms with Gasteiger partial charge in [0.1, 0.15) is 0 Å². The Bertz CT molecular complexity index is 675. The van der Waals surface area contributed by atoms with Crippen molar-refractivity contribution in [2.45, 2.75) is 13.0 Å². The van der Waals surface area contributed by atoms with Crippen molar-refractivity contribution in [2.75, 3.05) is 24.5 Å². The van der Waals surface area contributed by atoms with Gasteiger partial charge in [0.05, 0.1) is 4.92 Å². The molecule has 1 atom stereocenters. The van der Waals surface area contributed by atoms with Gasteiger partial charge in [-0.2, -0.15) is 0 Å². The van der Waals surface area contributed by atoms with Gasteiger partial charge in [0, 0.05) is 37.4 Å². The molecule has 1 aromatic carbocycles. The summed E-state index contributed by atoms with van der Waals surface area (Å²) in [5, 5.41) is 14.8. The van der Waals surface area contributed by atoms with Crippen molar-refractivity contribution in [1.82, 2.24) is 10.3 Å². The molecule has 0 saturated carbocycles. The molecule has 6 nitrogen and oxygen atoms in total. The van der Waals surface area contributed by atoms with E-state index in [1.807, 2.05) is 23.1 Å². The minimum atomic E-state index is -0.336. The van der Waals surface area contributed by atoms with Crippen molar-refractivity contribution in [3.63, 3.8) is 0 Å². The third-order valence-corrected chi connectivity index (χ3v) is 3.97. The summed E-state index contributed by atoms with van der Waals surface area (Å²) in [5.74, 6) is 0.465. The van der Waals surface area contributed by atoms with Crippen LogP contribution in [0.3, 0.4) is 0 Å². The smallest absolute Gasteiger partial charge is 0.314 e. The Morgan fingerprint density at radius 3 is 2.82 bits per heavy atom. The maximum absolute atomic E-state index is 11.4. The molecule has 114 valence electrons. The number of rotatable bonds is 3. The predicted octanol–water partition coefficient (Wildman–Crippen LogP) is 2.45. The molecule has 0 aliphatic carbocycles. The number of aromatic nitrogens is 1. The average Bonchev–Trinajstić information content (AvgIpc) is 2.55. The quantitative estimate of drug-likeness (QED) is 0.696. The van der Waals surface area contributed by atoms with Crippen molar-refractivity contribution in [3.8, 4) is 0 Å². The molecule has 2 heterocycles. The zero-order valence-electron chi connectivity index (χ0n) is 12.4. The Labute approximate surface area is 128 Å². The molecule has 0 amide bonds. The highest BCUT2D eigenvalue weighted by Gasteiger charge is 2.28. The van der Waals surface area contributed by atoms with Crippen LogP contribution in [0.1, 0.15) is 17.2 Å². The summed E-state index contributed by atoms with van der Waals surface area (Å²) in [6.45, 7) is 3.90. The van der Waals surface area contributed by atoms with Crippen LogP contribution >= 0.6 is 0 Å². The highest BCUT2D eigenvalue weighted by Crippen LogP contribution is 2.31. The number of nitrogens with one attached hydrogen (secondary N) is 1. The Morgan fingerprint density at radius 1 is 1.32 bits per heavy atom. The summed E-state index contributed by atoms with van der Waals surface area (Å²) in [6, 6.07) is 12.0. The fourth-order valence-electron chi connectivity index (χ4n) is 2.84. The monoisotopic (exact) mass is 298 g/mol. The highest BCUT2D eigenvalue weighted by molar-refractivity contribution is 5.62. The van der Waals surface area contributed by atoms with E-state index in [2.05, 4.69) is 22.4 Å². The van der Waals surface area contributed by atoms with Gasteiger partial charge in [0.2, 0.25) is 5.82 Å². The van der Waals surface area contributed by atoms with Crippen LogP contribution in [0.25, 0.3) is 0 Å². The van der Waals surface area contributed by atoms with Crippen LogP contribution in [0.2, 0.25) is 0 Å². The van der Waals surface area contributed by atoms with Crippen LogP contribution in [0.4, 0.5) is 11.5 Å². The molecule has 1 fully saturated rings.